The van der Waals surface area contributed by atoms with Gasteiger partial charge in [-0.05, 0) is 138 Å². The largest absolute Gasteiger partial charge is 0.352 e. The summed E-state index contributed by atoms with van der Waals surface area (Å²) in [6, 6.07) is 34.6. The van der Waals surface area contributed by atoms with E-state index in [4.69, 9.17) is 9.97 Å². The maximum Gasteiger partial charge on any atom is 0.0737 e. The number of fused-ring (bicyclic) bond motifs is 8. The van der Waals surface area contributed by atoms with Crippen LogP contribution >= 0.6 is 63.7 Å². The molecule has 0 fully saturated rings. The van der Waals surface area contributed by atoms with Gasteiger partial charge in [-0.25, -0.2) is 9.97 Å². The van der Waals surface area contributed by atoms with Crippen molar-refractivity contribution in [1.82, 2.24) is 19.9 Å². The molecule has 7 aromatic rings. The number of hydrogen-bond donors (Lipinski definition) is 2. The number of hydrogen-bond acceptors (Lipinski definition) is 2. The fourth-order valence-electron chi connectivity index (χ4n) is 7.44. The fourth-order valence-corrected chi connectivity index (χ4v) is 9.42. The first-order valence-electron chi connectivity index (χ1n) is 18.3. The summed E-state index contributed by atoms with van der Waals surface area (Å²) in [6.07, 6.45) is 8.51. The molecular weight excluding hydrogens is 952 g/mol. The Bertz CT molecular complexity index is 2550. The molecule has 2 N–H and O–H groups in total. The number of aromatic amines is 2. The summed E-state index contributed by atoms with van der Waals surface area (Å²) in [5, 5.41) is 0. The normalized spacial score (nSPS) is 12.1. The quantitative estimate of drug-likeness (QED) is 0.185. The summed E-state index contributed by atoms with van der Waals surface area (Å²) < 4.78 is 3.62. The number of nitrogens with one attached hydrogen (secondary N) is 2. The van der Waals surface area contributed by atoms with Crippen molar-refractivity contribution in [3.8, 4) is 44.5 Å². The van der Waals surface area contributed by atoms with Gasteiger partial charge in [0, 0.05) is 22.3 Å². The van der Waals surface area contributed by atoms with Crippen LogP contribution in [0.1, 0.15) is 45.0 Å². The lowest BCUT2D eigenvalue weighted by molar-refractivity contribution is 1.31. The lowest BCUT2D eigenvalue weighted by atomic mass is 10.0. The van der Waals surface area contributed by atoms with Gasteiger partial charge in [0.25, 0.3) is 0 Å². The van der Waals surface area contributed by atoms with Crippen molar-refractivity contribution in [2.24, 2.45) is 0 Å². The Morgan fingerprint density at radius 1 is 0.321 bits per heavy atom. The molecule has 3 aromatic heterocycles. The molecule has 2 aliphatic rings. The van der Waals surface area contributed by atoms with E-state index in [1.165, 1.54) is 22.3 Å². The highest BCUT2D eigenvalue weighted by Crippen LogP contribution is 2.46. The van der Waals surface area contributed by atoms with Crippen molar-refractivity contribution in [3.05, 3.63) is 160 Å². The maximum absolute atomic E-state index is 5.48. The van der Waals surface area contributed by atoms with E-state index in [1.54, 1.807) is 0 Å². The zero-order valence-corrected chi connectivity index (χ0v) is 37.3. The Hall–Kier alpha value is -4.60. The van der Waals surface area contributed by atoms with E-state index in [2.05, 4.69) is 223 Å². The van der Waals surface area contributed by atoms with Crippen LogP contribution in [0.25, 0.3) is 90.9 Å². The van der Waals surface area contributed by atoms with Crippen LogP contribution in [0.4, 0.5) is 0 Å². The van der Waals surface area contributed by atoms with Crippen molar-refractivity contribution < 1.29 is 0 Å². The van der Waals surface area contributed by atoms with Crippen LogP contribution in [-0.2, 0) is 0 Å². The van der Waals surface area contributed by atoms with Gasteiger partial charge >= 0.3 is 0 Å². The van der Waals surface area contributed by atoms with E-state index in [0.717, 1.165) is 107 Å². The van der Waals surface area contributed by atoms with Crippen molar-refractivity contribution in [3.63, 3.8) is 0 Å². The molecule has 2 aliphatic heterocycles. The van der Waals surface area contributed by atoms with Gasteiger partial charge in [-0.2, -0.15) is 0 Å². The predicted molar refractivity (Wildman–Crippen MR) is 250 cm³/mol. The SMILES string of the molecule is Cc1ccc(-c2c3nc(c(-c4ccc(C)cc4)c4[nH]c(c(Br)c4Br)c(-c4ccc(C)cc4)c4nc(c(-c5ccc(C)cc5)c5[nH]c2c(Br)c5Br)C=C4)C=C3)cc1. The summed E-state index contributed by atoms with van der Waals surface area (Å²) in [4.78, 5) is 18.7. The molecule has 0 saturated heterocycles. The molecule has 0 spiro atoms. The lowest BCUT2D eigenvalue weighted by Gasteiger charge is -2.08. The number of halogens is 4. The third kappa shape index (κ3) is 6.50. The average molecular weight is 986 g/mol. The predicted octanol–water partition coefficient (Wildman–Crippen LogP) is 15.6. The first-order valence-corrected chi connectivity index (χ1v) is 21.4. The minimum absolute atomic E-state index is 0.848. The summed E-state index contributed by atoms with van der Waals surface area (Å²) in [5.74, 6) is 0. The molecule has 0 atom stereocenters. The molecule has 9 rings (SSSR count). The number of H-pyrrole nitrogens is 2. The molecule has 0 radical (unpaired) electrons. The second kappa shape index (κ2) is 14.7. The Balaban J connectivity index is 1.55. The number of nitrogens with zero attached hydrogens (tertiary/aromatic N) is 2. The molecule has 4 aromatic carbocycles. The van der Waals surface area contributed by atoms with Gasteiger partial charge in [0.2, 0.25) is 0 Å². The van der Waals surface area contributed by atoms with E-state index in [0.29, 0.717) is 0 Å². The van der Waals surface area contributed by atoms with Crippen LogP contribution in [0.15, 0.2) is 115 Å². The van der Waals surface area contributed by atoms with Crippen LogP contribution in [0, 0.1) is 27.7 Å². The molecule has 0 unspecified atom stereocenters. The van der Waals surface area contributed by atoms with Crippen molar-refractivity contribution in [1.29, 1.82) is 0 Å². The molecule has 8 bridgehead atoms. The van der Waals surface area contributed by atoms with Crippen molar-refractivity contribution in [2.75, 3.05) is 0 Å². The third-order valence-electron chi connectivity index (χ3n) is 10.4. The molecule has 0 aliphatic carbocycles. The minimum atomic E-state index is 0.848. The van der Waals surface area contributed by atoms with Gasteiger partial charge in [0.15, 0.2) is 0 Å². The minimum Gasteiger partial charge on any atom is -0.352 e. The van der Waals surface area contributed by atoms with Gasteiger partial charge in [0.05, 0.1) is 62.7 Å². The molecule has 4 nitrogen and oxygen atoms in total. The summed E-state index contributed by atoms with van der Waals surface area (Å²) >= 11 is 16.2. The van der Waals surface area contributed by atoms with Gasteiger partial charge in [-0.15, -0.1) is 0 Å². The summed E-state index contributed by atoms with van der Waals surface area (Å²) in [6.45, 7) is 8.45. The molecule has 0 saturated carbocycles. The number of aromatic nitrogens is 4. The fraction of sp³-hybridized carbons (Fsp3) is 0.0833. The van der Waals surface area contributed by atoms with E-state index < -0.39 is 0 Å². The van der Waals surface area contributed by atoms with E-state index >= 15 is 0 Å². The Kier molecular flexibility index (Phi) is 9.73. The van der Waals surface area contributed by atoms with Crippen LogP contribution in [0.2, 0.25) is 0 Å². The van der Waals surface area contributed by atoms with Crippen LogP contribution in [0.3, 0.4) is 0 Å². The second-order valence-electron chi connectivity index (χ2n) is 14.4. The third-order valence-corrected chi connectivity index (χ3v) is 14.7. The second-order valence-corrected chi connectivity index (χ2v) is 17.6. The molecule has 274 valence electrons. The molecule has 5 heterocycles. The van der Waals surface area contributed by atoms with E-state index in [-0.39, 0.29) is 0 Å². The van der Waals surface area contributed by atoms with Crippen LogP contribution < -0.4 is 0 Å². The smallest absolute Gasteiger partial charge is 0.0737 e. The number of benzene rings is 4. The molecular formula is C48H34Br4N4. The van der Waals surface area contributed by atoms with Gasteiger partial charge in [-0.1, -0.05) is 119 Å². The summed E-state index contributed by atoms with van der Waals surface area (Å²) in [5.41, 5.74) is 19.9. The van der Waals surface area contributed by atoms with Crippen molar-refractivity contribution in [2.45, 2.75) is 27.7 Å². The number of aryl methyl sites for hydroxylation is 4. The Morgan fingerprint density at radius 2 is 0.518 bits per heavy atom. The van der Waals surface area contributed by atoms with E-state index in [9.17, 15) is 0 Å². The van der Waals surface area contributed by atoms with Crippen LogP contribution in [-0.4, -0.2) is 19.9 Å². The Morgan fingerprint density at radius 3 is 0.714 bits per heavy atom. The van der Waals surface area contributed by atoms with Gasteiger partial charge < -0.3 is 9.97 Å². The highest BCUT2D eigenvalue weighted by Gasteiger charge is 2.24. The topological polar surface area (TPSA) is 57.4 Å². The first kappa shape index (κ1) is 37.0. The summed E-state index contributed by atoms with van der Waals surface area (Å²) in [7, 11) is 0. The highest BCUT2D eigenvalue weighted by molar-refractivity contribution is 9.13. The Labute approximate surface area is 359 Å². The van der Waals surface area contributed by atoms with Gasteiger partial charge in [-0.3, -0.25) is 0 Å². The number of rotatable bonds is 4. The van der Waals surface area contributed by atoms with Gasteiger partial charge in [0.1, 0.15) is 0 Å². The monoisotopic (exact) mass is 982 g/mol. The molecule has 56 heavy (non-hydrogen) atoms. The zero-order valence-electron chi connectivity index (χ0n) is 31.0. The molecule has 0 amide bonds. The lowest BCUT2D eigenvalue weighted by Crippen LogP contribution is -1.90. The highest BCUT2D eigenvalue weighted by atomic mass is 79.9. The van der Waals surface area contributed by atoms with E-state index in [1.807, 2.05) is 0 Å². The standard InChI is InChI=1S/C48H34Br4N4/c1-25-5-13-29(14-6-25)37-33-21-22-34(53-33)38(30-15-7-26(2)8-16-30)47-43(51)44(52)48(56-47)40(32-19-11-28(4)12-20-32)36-24-23-35(54-36)39(31-17-9-27(3)10-18-31)46-42(50)41(49)45(37)55-46/h5-24,55-56H,1-4H3. The maximum atomic E-state index is 5.48. The zero-order chi connectivity index (χ0) is 38.8. The molecule has 8 heteroatoms. The average Bonchev–Trinajstić information content (AvgIpc) is 3.99. The first-order chi connectivity index (χ1) is 27.0. The van der Waals surface area contributed by atoms with Crippen molar-refractivity contribution >= 4 is 110 Å². The van der Waals surface area contributed by atoms with Crippen LogP contribution in [0.5, 0.6) is 0 Å².